The van der Waals surface area contributed by atoms with Gasteiger partial charge in [0.2, 0.25) is 5.91 Å². The van der Waals surface area contributed by atoms with Gasteiger partial charge in [0.15, 0.2) is 0 Å². The second-order valence-corrected chi connectivity index (χ2v) is 6.43. The van der Waals surface area contributed by atoms with Gasteiger partial charge >= 0.3 is 6.03 Å². The predicted octanol–water partition coefficient (Wildman–Crippen LogP) is 0.104. The molecular weight excluding hydrogens is 322 g/mol. The average Bonchev–Trinajstić information content (AvgIpc) is 2.79. The summed E-state index contributed by atoms with van der Waals surface area (Å²) in [6, 6.07) is 2.91. The lowest BCUT2D eigenvalue weighted by Crippen LogP contribution is -2.37. The molecule has 0 aromatic carbocycles. The minimum atomic E-state index is -0.592. The molecule has 2 fully saturated rings. The van der Waals surface area contributed by atoms with Gasteiger partial charge in [-0.15, -0.1) is 0 Å². The molecule has 0 saturated carbocycles. The maximum Gasteiger partial charge on any atom is 0.322 e. The maximum absolute atomic E-state index is 12.4. The van der Waals surface area contributed by atoms with Gasteiger partial charge in [0, 0.05) is 51.5 Å². The van der Waals surface area contributed by atoms with Gasteiger partial charge in [-0.1, -0.05) is 6.07 Å². The minimum absolute atomic E-state index is 0.0391. The molecule has 8 nitrogen and oxygen atoms in total. The predicted molar refractivity (Wildman–Crippen MR) is 90.4 cm³/mol. The van der Waals surface area contributed by atoms with E-state index in [2.05, 4.69) is 26.6 Å². The highest BCUT2D eigenvalue weighted by molar-refractivity contribution is 6.04. The van der Waals surface area contributed by atoms with Crippen LogP contribution in [0.2, 0.25) is 0 Å². The van der Waals surface area contributed by atoms with Crippen molar-refractivity contribution in [3.05, 3.63) is 30.1 Å². The number of nitrogens with one attached hydrogen (secondary N) is 2. The van der Waals surface area contributed by atoms with Crippen LogP contribution < -0.4 is 10.6 Å². The number of pyridine rings is 1. The standard InChI is InChI=1S/C17H23N5O3/c23-15(5-4-14-16(24)20-17(25)19-14)22-8-2-7-21(9-10-22)12-13-3-1-6-18-11-13/h1,3,6,11,14H,2,4-5,7-10,12H2,(H2,19,20,24,25)/t14-/m1/s1. The van der Waals surface area contributed by atoms with Crippen molar-refractivity contribution < 1.29 is 14.4 Å². The lowest BCUT2D eigenvalue weighted by Gasteiger charge is -2.22. The summed E-state index contributed by atoms with van der Waals surface area (Å²) in [5.74, 6) is -0.312. The monoisotopic (exact) mass is 345 g/mol. The molecule has 2 aliphatic rings. The second-order valence-electron chi connectivity index (χ2n) is 6.43. The minimum Gasteiger partial charge on any atom is -0.341 e. The van der Waals surface area contributed by atoms with E-state index >= 15 is 0 Å². The third-order valence-electron chi connectivity index (χ3n) is 4.58. The molecule has 1 aromatic heterocycles. The van der Waals surface area contributed by atoms with Gasteiger partial charge in [0.05, 0.1) is 0 Å². The molecule has 0 spiro atoms. The number of aromatic nitrogens is 1. The van der Waals surface area contributed by atoms with Crippen LogP contribution in [-0.2, 0) is 16.1 Å². The number of carbonyl (C=O) groups excluding carboxylic acids is 3. The van der Waals surface area contributed by atoms with Gasteiger partial charge in [-0.25, -0.2) is 4.79 Å². The van der Waals surface area contributed by atoms with Gasteiger partial charge in [-0.05, 0) is 24.5 Å². The molecule has 8 heteroatoms. The Morgan fingerprint density at radius 2 is 2.12 bits per heavy atom. The Bertz CT molecular complexity index is 636. The van der Waals surface area contributed by atoms with Crippen LogP contribution in [0.4, 0.5) is 4.79 Å². The highest BCUT2D eigenvalue weighted by atomic mass is 16.2. The summed E-state index contributed by atoms with van der Waals surface area (Å²) >= 11 is 0. The quantitative estimate of drug-likeness (QED) is 0.739. The second kappa shape index (κ2) is 8.06. The summed E-state index contributed by atoms with van der Waals surface area (Å²) in [7, 11) is 0. The molecule has 0 aliphatic carbocycles. The Kier molecular flexibility index (Phi) is 5.60. The maximum atomic E-state index is 12.4. The lowest BCUT2D eigenvalue weighted by atomic mass is 10.1. The third-order valence-corrected chi connectivity index (χ3v) is 4.58. The van der Waals surface area contributed by atoms with Crippen LogP contribution in [0.25, 0.3) is 0 Å². The molecule has 0 bridgehead atoms. The summed E-state index contributed by atoms with van der Waals surface area (Å²) in [5.41, 5.74) is 1.17. The third kappa shape index (κ3) is 4.76. The fraction of sp³-hybridized carbons (Fsp3) is 0.529. The van der Waals surface area contributed by atoms with E-state index in [0.717, 1.165) is 32.6 Å². The van der Waals surface area contributed by atoms with Crippen LogP contribution in [0.1, 0.15) is 24.8 Å². The van der Waals surface area contributed by atoms with Crippen molar-refractivity contribution in [2.45, 2.75) is 31.8 Å². The molecule has 0 unspecified atom stereocenters. The highest BCUT2D eigenvalue weighted by Crippen LogP contribution is 2.11. The Hall–Kier alpha value is -2.48. The van der Waals surface area contributed by atoms with Crippen molar-refractivity contribution in [3.63, 3.8) is 0 Å². The average molecular weight is 345 g/mol. The summed E-state index contributed by atoms with van der Waals surface area (Å²) in [6.07, 6.45) is 5.16. The molecule has 134 valence electrons. The van der Waals surface area contributed by atoms with Crippen LogP contribution in [-0.4, -0.2) is 64.9 Å². The van der Waals surface area contributed by atoms with E-state index in [1.54, 1.807) is 6.20 Å². The number of hydrogen-bond donors (Lipinski definition) is 2. The first-order valence-corrected chi connectivity index (χ1v) is 8.62. The molecule has 1 aromatic rings. The van der Waals surface area contributed by atoms with E-state index in [1.807, 2.05) is 17.2 Å². The highest BCUT2D eigenvalue weighted by Gasteiger charge is 2.30. The van der Waals surface area contributed by atoms with Crippen LogP contribution in [0.15, 0.2) is 24.5 Å². The number of urea groups is 1. The molecule has 3 heterocycles. The molecule has 1 atom stereocenters. The normalized spacial score (nSPS) is 21.6. The largest absolute Gasteiger partial charge is 0.341 e. The van der Waals surface area contributed by atoms with E-state index in [1.165, 1.54) is 5.56 Å². The zero-order chi connectivity index (χ0) is 17.6. The lowest BCUT2D eigenvalue weighted by molar-refractivity contribution is -0.131. The van der Waals surface area contributed by atoms with E-state index in [-0.39, 0.29) is 18.2 Å². The van der Waals surface area contributed by atoms with Crippen molar-refractivity contribution >= 4 is 17.8 Å². The number of hydrogen-bond acceptors (Lipinski definition) is 5. The van der Waals surface area contributed by atoms with Gasteiger partial charge in [-0.3, -0.25) is 24.8 Å². The van der Waals surface area contributed by atoms with Crippen LogP contribution >= 0.6 is 0 Å². The Morgan fingerprint density at radius 1 is 1.24 bits per heavy atom. The summed E-state index contributed by atoms with van der Waals surface area (Å²) < 4.78 is 0. The van der Waals surface area contributed by atoms with Crippen LogP contribution in [0.3, 0.4) is 0 Å². The van der Waals surface area contributed by atoms with Crippen molar-refractivity contribution in [2.24, 2.45) is 0 Å². The van der Waals surface area contributed by atoms with Crippen molar-refractivity contribution in [1.82, 2.24) is 25.4 Å². The molecule has 0 radical (unpaired) electrons. The summed E-state index contributed by atoms with van der Waals surface area (Å²) in [6.45, 7) is 4.01. The van der Waals surface area contributed by atoms with Crippen molar-refractivity contribution in [2.75, 3.05) is 26.2 Å². The Morgan fingerprint density at radius 3 is 2.84 bits per heavy atom. The first-order chi connectivity index (χ1) is 12.1. The molecule has 2 saturated heterocycles. The fourth-order valence-corrected chi connectivity index (χ4v) is 3.22. The van der Waals surface area contributed by atoms with E-state index in [0.29, 0.717) is 13.0 Å². The van der Waals surface area contributed by atoms with Crippen molar-refractivity contribution in [1.29, 1.82) is 0 Å². The number of amides is 4. The fourth-order valence-electron chi connectivity index (χ4n) is 3.22. The van der Waals surface area contributed by atoms with E-state index in [9.17, 15) is 14.4 Å². The molecular formula is C17H23N5O3. The van der Waals surface area contributed by atoms with Gasteiger partial charge in [0.1, 0.15) is 6.04 Å². The molecule has 3 rings (SSSR count). The number of imide groups is 1. The van der Waals surface area contributed by atoms with E-state index < -0.39 is 12.1 Å². The molecule has 2 N–H and O–H groups in total. The first-order valence-electron chi connectivity index (χ1n) is 8.62. The van der Waals surface area contributed by atoms with Gasteiger partial charge < -0.3 is 10.2 Å². The number of nitrogens with zero attached hydrogens (tertiary/aromatic N) is 3. The molecule has 25 heavy (non-hydrogen) atoms. The first kappa shape index (κ1) is 17.3. The van der Waals surface area contributed by atoms with E-state index in [4.69, 9.17) is 0 Å². The smallest absolute Gasteiger partial charge is 0.322 e. The van der Waals surface area contributed by atoms with Gasteiger partial charge in [-0.2, -0.15) is 0 Å². The summed E-state index contributed by atoms with van der Waals surface area (Å²) in [5, 5.41) is 4.71. The van der Waals surface area contributed by atoms with Crippen LogP contribution in [0, 0.1) is 0 Å². The topological polar surface area (TPSA) is 94.6 Å². The number of carbonyl (C=O) groups is 3. The zero-order valence-corrected chi connectivity index (χ0v) is 14.1. The van der Waals surface area contributed by atoms with Crippen molar-refractivity contribution in [3.8, 4) is 0 Å². The molecule has 4 amide bonds. The SMILES string of the molecule is O=C1NC(=O)[C@@H](CCC(=O)N2CCCN(Cc3cccnc3)CC2)N1. The van der Waals surface area contributed by atoms with Gasteiger partial charge in [0.25, 0.3) is 5.91 Å². The molecule has 2 aliphatic heterocycles. The summed E-state index contributed by atoms with van der Waals surface area (Å²) in [4.78, 5) is 43.3. The Labute approximate surface area is 146 Å². The number of rotatable bonds is 5. The zero-order valence-electron chi connectivity index (χ0n) is 14.1. The van der Waals surface area contributed by atoms with Crippen LogP contribution in [0.5, 0.6) is 0 Å². The Balaban J connectivity index is 1.45.